The van der Waals surface area contributed by atoms with E-state index in [-0.39, 0.29) is 11.1 Å². The second-order valence-electron chi connectivity index (χ2n) is 6.55. The Labute approximate surface area is 179 Å². The molecule has 1 amide bonds. The first-order chi connectivity index (χ1) is 14.4. The van der Waals surface area contributed by atoms with Crippen LogP contribution in [0, 0.1) is 0 Å². The van der Waals surface area contributed by atoms with Crippen LogP contribution in [0.4, 0.5) is 0 Å². The highest BCUT2D eigenvalue weighted by Crippen LogP contribution is 2.30. The van der Waals surface area contributed by atoms with Crippen molar-refractivity contribution in [1.82, 2.24) is 5.32 Å². The number of benzene rings is 3. The summed E-state index contributed by atoms with van der Waals surface area (Å²) in [7, 11) is 1.56. The van der Waals surface area contributed by atoms with Gasteiger partial charge in [-0.05, 0) is 55.0 Å². The summed E-state index contributed by atoms with van der Waals surface area (Å²) in [6, 6.07) is 17.8. The Morgan fingerprint density at radius 2 is 1.73 bits per heavy atom. The Morgan fingerprint density at radius 1 is 1.00 bits per heavy atom. The lowest BCUT2D eigenvalue weighted by molar-refractivity contribution is 0.0696. The minimum Gasteiger partial charge on any atom is -0.497 e. The third-order valence-electron chi connectivity index (χ3n) is 4.44. The zero-order valence-electron chi connectivity index (χ0n) is 16.4. The van der Waals surface area contributed by atoms with Crippen molar-refractivity contribution in [3.8, 4) is 17.2 Å². The number of amides is 1. The van der Waals surface area contributed by atoms with Gasteiger partial charge in [0.15, 0.2) is 0 Å². The van der Waals surface area contributed by atoms with Crippen molar-refractivity contribution >= 4 is 23.5 Å². The number of aromatic carboxylic acids is 1. The van der Waals surface area contributed by atoms with Gasteiger partial charge in [-0.1, -0.05) is 29.8 Å². The molecule has 0 aromatic heterocycles. The van der Waals surface area contributed by atoms with E-state index in [4.69, 9.17) is 26.2 Å². The molecule has 0 aliphatic rings. The molecule has 7 heteroatoms. The highest BCUT2D eigenvalue weighted by atomic mass is 35.5. The van der Waals surface area contributed by atoms with Crippen molar-refractivity contribution in [2.24, 2.45) is 0 Å². The molecule has 1 atom stereocenters. The van der Waals surface area contributed by atoms with Crippen LogP contribution in [-0.2, 0) is 0 Å². The number of carbonyl (C=O) groups excluding carboxylic acids is 1. The number of carboxylic acids is 1. The molecule has 3 aromatic rings. The maximum Gasteiger partial charge on any atom is 0.335 e. The number of carboxylic acid groups (broad SMARTS) is 1. The number of nitrogens with one attached hydrogen (secondary N) is 1. The van der Waals surface area contributed by atoms with Gasteiger partial charge in [0.05, 0.1) is 24.3 Å². The number of hydrogen-bond acceptors (Lipinski definition) is 4. The molecule has 3 rings (SSSR count). The summed E-state index contributed by atoms with van der Waals surface area (Å²) >= 11 is 6.10. The zero-order chi connectivity index (χ0) is 21.7. The van der Waals surface area contributed by atoms with E-state index in [2.05, 4.69) is 5.32 Å². The zero-order valence-corrected chi connectivity index (χ0v) is 17.1. The van der Waals surface area contributed by atoms with Crippen LogP contribution < -0.4 is 14.8 Å². The van der Waals surface area contributed by atoms with Crippen LogP contribution >= 0.6 is 11.6 Å². The molecule has 0 bridgehead atoms. The Bertz CT molecular complexity index is 1080. The quantitative estimate of drug-likeness (QED) is 0.534. The van der Waals surface area contributed by atoms with Gasteiger partial charge >= 0.3 is 5.97 Å². The van der Waals surface area contributed by atoms with Crippen molar-refractivity contribution in [3.63, 3.8) is 0 Å². The van der Waals surface area contributed by atoms with Crippen LogP contribution in [0.5, 0.6) is 17.2 Å². The van der Waals surface area contributed by atoms with Gasteiger partial charge in [-0.25, -0.2) is 4.79 Å². The number of rotatable bonds is 7. The van der Waals surface area contributed by atoms with Crippen LogP contribution in [0.1, 0.15) is 39.2 Å². The SMILES string of the molecule is COc1cccc(Oc2ccc(Cl)cc2C(=O)N[C@@H](C)c2cccc(C(=O)O)c2)c1. The normalized spacial score (nSPS) is 11.4. The second kappa shape index (κ2) is 9.33. The Balaban J connectivity index is 1.84. The molecule has 0 saturated carbocycles. The highest BCUT2D eigenvalue weighted by molar-refractivity contribution is 6.31. The van der Waals surface area contributed by atoms with Gasteiger partial charge in [-0.3, -0.25) is 4.79 Å². The van der Waals surface area contributed by atoms with Crippen LogP contribution in [0.2, 0.25) is 5.02 Å². The molecule has 2 N–H and O–H groups in total. The topological polar surface area (TPSA) is 84.9 Å². The van der Waals surface area contributed by atoms with Gasteiger partial charge in [-0.15, -0.1) is 0 Å². The Hall–Kier alpha value is -3.51. The summed E-state index contributed by atoms with van der Waals surface area (Å²) in [5.74, 6) is 0.0341. The van der Waals surface area contributed by atoms with E-state index in [1.54, 1.807) is 62.6 Å². The third kappa shape index (κ3) is 5.10. The predicted octanol–water partition coefficient (Wildman–Crippen LogP) is 5.33. The first-order valence-electron chi connectivity index (χ1n) is 9.13. The standard InChI is InChI=1S/C23H20ClNO5/c1-14(15-5-3-6-16(11-15)23(27)28)25-22(26)20-12-17(24)9-10-21(20)30-19-8-4-7-18(13-19)29-2/h3-14H,1-2H3,(H,25,26)(H,27,28)/t14-/m0/s1. The molecule has 0 aliphatic carbocycles. The van der Waals surface area contributed by atoms with Crippen LogP contribution in [-0.4, -0.2) is 24.1 Å². The molecule has 30 heavy (non-hydrogen) atoms. The summed E-state index contributed by atoms with van der Waals surface area (Å²) in [5.41, 5.74) is 1.07. The lowest BCUT2D eigenvalue weighted by Crippen LogP contribution is -2.27. The molecular weight excluding hydrogens is 406 g/mol. The van der Waals surface area contributed by atoms with E-state index in [0.29, 0.717) is 27.8 Å². The van der Waals surface area contributed by atoms with E-state index in [1.165, 1.54) is 18.2 Å². The fourth-order valence-corrected chi connectivity index (χ4v) is 3.03. The lowest BCUT2D eigenvalue weighted by Gasteiger charge is -2.17. The van der Waals surface area contributed by atoms with Crippen LogP contribution in [0.15, 0.2) is 66.7 Å². The van der Waals surface area contributed by atoms with Gasteiger partial charge in [0.25, 0.3) is 5.91 Å². The molecule has 0 aliphatic heterocycles. The summed E-state index contributed by atoms with van der Waals surface area (Å²) in [6.45, 7) is 1.77. The minimum atomic E-state index is -1.03. The Kier molecular flexibility index (Phi) is 6.59. The monoisotopic (exact) mass is 425 g/mol. The van der Waals surface area contributed by atoms with Crippen LogP contribution in [0.25, 0.3) is 0 Å². The maximum absolute atomic E-state index is 12.9. The predicted molar refractivity (Wildman–Crippen MR) is 114 cm³/mol. The molecule has 0 unspecified atom stereocenters. The average Bonchev–Trinajstić information content (AvgIpc) is 2.75. The minimum absolute atomic E-state index is 0.151. The van der Waals surface area contributed by atoms with E-state index < -0.39 is 17.9 Å². The van der Waals surface area contributed by atoms with Gasteiger partial charge in [0.1, 0.15) is 17.2 Å². The second-order valence-corrected chi connectivity index (χ2v) is 6.98. The molecule has 0 heterocycles. The molecule has 0 fully saturated rings. The number of methoxy groups -OCH3 is 1. The molecule has 0 radical (unpaired) electrons. The molecule has 6 nitrogen and oxygen atoms in total. The molecule has 0 spiro atoms. The molecule has 154 valence electrons. The first-order valence-corrected chi connectivity index (χ1v) is 9.50. The van der Waals surface area contributed by atoms with Gasteiger partial charge in [-0.2, -0.15) is 0 Å². The molecule has 3 aromatic carbocycles. The summed E-state index contributed by atoms with van der Waals surface area (Å²) in [4.78, 5) is 24.1. The number of halogens is 1. The summed E-state index contributed by atoms with van der Waals surface area (Å²) in [6.07, 6.45) is 0. The summed E-state index contributed by atoms with van der Waals surface area (Å²) < 4.78 is 11.1. The number of carbonyl (C=O) groups is 2. The molecule has 0 saturated heterocycles. The maximum atomic E-state index is 12.9. The van der Waals surface area contributed by atoms with Gasteiger partial charge in [0.2, 0.25) is 0 Å². The van der Waals surface area contributed by atoms with Gasteiger partial charge < -0.3 is 19.9 Å². The van der Waals surface area contributed by atoms with E-state index in [1.807, 2.05) is 0 Å². The lowest BCUT2D eigenvalue weighted by atomic mass is 10.0. The van der Waals surface area contributed by atoms with Crippen molar-refractivity contribution < 1.29 is 24.2 Å². The van der Waals surface area contributed by atoms with E-state index in [0.717, 1.165) is 0 Å². The highest BCUT2D eigenvalue weighted by Gasteiger charge is 2.18. The van der Waals surface area contributed by atoms with Crippen molar-refractivity contribution in [2.45, 2.75) is 13.0 Å². The molecular formula is C23H20ClNO5. The van der Waals surface area contributed by atoms with Crippen LogP contribution in [0.3, 0.4) is 0 Å². The van der Waals surface area contributed by atoms with E-state index in [9.17, 15) is 9.59 Å². The number of hydrogen-bond donors (Lipinski definition) is 2. The first kappa shape index (κ1) is 21.2. The number of ether oxygens (including phenoxy) is 2. The van der Waals surface area contributed by atoms with Crippen molar-refractivity contribution in [2.75, 3.05) is 7.11 Å². The van der Waals surface area contributed by atoms with Crippen molar-refractivity contribution in [1.29, 1.82) is 0 Å². The van der Waals surface area contributed by atoms with E-state index >= 15 is 0 Å². The Morgan fingerprint density at radius 3 is 2.47 bits per heavy atom. The summed E-state index contributed by atoms with van der Waals surface area (Å²) in [5, 5.41) is 12.4. The fraction of sp³-hybridized carbons (Fsp3) is 0.130. The largest absolute Gasteiger partial charge is 0.497 e. The van der Waals surface area contributed by atoms with Gasteiger partial charge in [0, 0.05) is 11.1 Å². The fourth-order valence-electron chi connectivity index (χ4n) is 2.86. The van der Waals surface area contributed by atoms with Crippen molar-refractivity contribution in [3.05, 3.63) is 88.4 Å². The smallest absolute Gasteiger partial charge is 0.335 e. The third-order valence-corrected chi connectivity index (χ3v) is 4.67. The average molecular weight is 426 g/mol.